The molecule has 2 aromatic carbocycles. The number of methoxy groups -OCH3 is 1. The summed E-state index contributed by atoms with van der Waals surface area (Å²) < 4.78 is 7.27. The van der Waals surface area contributed by atoms with Crippen molar-refractivity contribution in [2.75, 3.05) is 30.4 Å². The molecular weight excluding hydrogens is 410 g/mol. The third-order valence-electron chi connectivity index (χ3n) is 5.37. The molecule has 1 aliphatic rings. The average molecular weight is 438 g/mol. The van der Waals surface area contributed by atoms with Crippen molar-refractivity contribution in [1.82, 2.24) is 14.8 Å². The van der Waals surface area contributed by atoms with Crippen LogP contribution in [0.25, 0.3) is 5.69 Å². The number of nitrogens with one attached hydrogen (secondary N) is 1. The maximum absolute atomic E-state index is 12.8. The lowest BCUT2D eigenvalue weighted by molar-refractivity contribution is -0.115. The fourth-order valence-electron chi connectivity index (χ4n) is 3.66. The predicted molar refractivity (Wildman–Crippen MR) is 124 cm³/mol. The number of ether oxygens (including phenoxy) is 1. The standard InChI is InChI=1S/C23H27N5O2S/c1-17(31-23-26-24-16-28(23)20-8-4-5-9-21(20)30-2)22(29)25-18-10-12-19(13-11-18)27-14-6-3-7-15-27/h4-5,8-13,16-17H,3,6-7,14-15H2,1-2H3,(H,25,29)/t17-/m0/s1. The van der Waals surface area contributed by atoms with E-state index in [1.165, 1.54) is 36.7 Å². The number of aromatic nitrogens is 3. The number of carbonyl (C=O) groups excluding carboxylic acids is 1. The summed E-state index contributed by atoms with van der Waals surface area (Å²) in [5.74, 6) is 0.639. The molecule has 1 saturated heterocycles. The van der Waals surface area contributed by atoms with E-state index in [4.69, 9.17) is 4.74 Å². The number of amides is 1. The van der Waals surface area contributed by atoms with Crippen LogP contribution in [0, 0.1) is 0 Å². The smallest absolute Gasteiger partial charge is 0.237 e. The third-order valence-corrected chi connectivity index (χ3v) is 6.43. The number of nitrogens with zero attached hydrogens (tertiary/aromatic N) is 4. The van der Waals surface area contributed by atoms with Gasteiger partial charge in [-0.25, -0.2) is 0 Å². The lowest BCUT2D eigenvalue weighted by Crippen LogP contribution is -2.29. The summed E-state index contributed by atoms with van der Waals surface area (Å²) in [7, 11) is 1.63. The first-order valence-electron chi connectivity index (χ1n) is 10.5. The topological polar surface area (TPSA) is 72.3 Å². The van der Waals surface area contributed by atoms with Gasteiger partial charge in [-0.2, -0.15) is 0 Å². The zero-order valence-corrected chi connectivity index (χ0v) is 18.6. The van der Waals surface area contributed by atoms with Crippen LogP contribution in [0.15, 0.2) is 60.0 Å². The van der Waals surface area contributed by atoms with Crippen molar-refractivity contribution in [2.45, 2.75) is 36.6 Å². The summed E-state index contributed by atoms with van der Waals surface area (Å²) in [6.07, 6.45) is 5.43. The number of piperidine rings is 1. The Labute approximate surface area is 186 Å². The van der Waals surface area contributed by atoms with E-state index in [0.717, 1.165) is 30.2 Å². The van der Waals surface area contributed by atoms with Gasteiger partial charge in [0.15, 0.2) is 5.16 Å². The van der Waals surface area contributed by atoms with Crippen LogP contribution in [-0.4, -0.2) is 46.1 Å². The molecule has 4 rings (SSSR count). The van der Waals surface area contributed by atoms with Gasteiger partial charge in [0.25, 0.3) is 0 Å². The SMILES string of the molecule is COc1ccccc1-n1cnnc1S[C@@H](C)C(=O)Nc1ccc(N2CCCCC2)cc1. The second-order valence-electron chi connectivity index (χ2n) is 7.50. The van der Waals surface area contributed by atoms with Crippen LogP contribution in [0.1, 0.15) is 26.2 Å². The van der Waals surface area contributed by atoms with Gasteiger partial charge in [-0.15, -0.1) is 10.2 Å². The molecular formula is C23H27N5O2S. The van der Waals surface area contributed by atoms with Crippen molar-refractivity contribution in [3.8, 4) is 11.4 Å². The molecule has 1 atom stereocenters. The highest BCUT2D eigenvalue weighted by atomic mass is 32.2. The molecule has 2 heterocycles. The minimum absolute atomic E-state index is 0.0784. The molecule has 31 heavy (non-hydrogen) atoms. The third kappa shape index (κ3) is 5.02. The Bertz CT molecular complexity index is 1010. The Kier molecular flexibility index (Phi) is 6.76. The first kappa shape index (κ1) is 21.2. The summed E-state index contributed by atoms with van der Waals surface area (Å²) >= 11 is 1.36. The normalized spacial score (nSPS) is 14.8. The van der Waals surface area contributed by atoms with Crippen LogP contribution >= 0.6 is 11.8 Å². The van der Waals surface area contributed by atoms with Crippen molar-refractivity contribution < 1.29 is 9.53 Å². The van der Waals surface area contributed by atoms with Gasteiger partial charge < -0.3 is 15.0 Å². The van der Waals surface area contributed by atoms with E-state index in [1.54, 1.807) is 13.4 Å². The molecule has 3 aromatic rings. The quantitative estimate of drug-likeness (QED) is 0.553. The summed E-state index contributed by atoms with van der Waals surface area (Å²) in [6.45, 7) is 4.07. The molecule has 0 radical (unpaired) electrons. The highest BCUT2D eigenvalue weighted by Gasteiger charge is 2.20. The van der Waals surface area contributed by atoms with E-state index in [9.17, 15) is 4.79 Å². The number of benzene rings is 2. The average Bonchev–Trinajstić information content (AvgIpc) is 3.28. The van der Waals surface area contributed by atoms with Gasteiger partial charge in [-0.1, -0.05) is 23.9 Å². The summed E-state index contributed by atoms with van der Waals surface area (Å²) in [6, 6.07) is 15.7. The maximum Gasteiger partial charge on any atom is 0.237 e. The molecule has 0 spiro atoms. The molecule has 1 aliphatic heterocycles. The molecule has 0 aliphatic carbocycles. The Hall–Kier alpha value is -3.00. The number of thioether (sulfide) groups is 1. The van der Waals surface area contributed by atoms with Crippen LogP contribution in [0.2, 0.25) is 0 Å². The molecule has 162 valence electrons. The van der Waals surface area contributed by atoms with Gasteiger partial charge >= 0.3 is 0 Å². The van der Waals surface area contributed by atoms with Crippen LogP contribution in [0.4, 0.5) is 11.4 Å². The van der Waals surface area contributed by atoms with Crippen molar-refractivity contribution in [3.63, 3.8) is 0 Å². The number of hydrogen-bond donors (Lipinski definition) is 1. The zero-order valence-electron chi connectivity index (χ0n) is 17.8. The minimum atomic E-state index is -0.348. The maximum atomic E-state index is 12.8. The number of hydrogen-bond acceptors (Lipinski definition) is 6. The van der Waals surface area contributed by atoms with Crippen LogP contribution < -0.4 is 15.0 Å². The lowest BCUT2D eigenvalue weighted by atomic mass is 10.1. The van der Waals surface area contributed by atoms with E-state index in [2.05, 4.69) is 32.5 Å². The molecule has 1 N–H and O–H groups in total. The molecule has 1 aromatic heterocycles. The number of carbonyl (C=O) groups is 1. The molecule has 1 fully saturated rings. The van der Waals surface area contributed by atoms with E-state index in [-0.39, 0.29) is 11.2 Å². The zero-order chi connectivity index (χ0) is 21.6. The van der Waals surface area contributed by atoms with Crippen molar-refractivity contribution in [3.05, 3.63) is 54.9 Å². The molecule has 1 amide bonds. The predicted octanol–water partition coefficient (Wildman–Crippen LogP) is 4.39. The summed E-state index contributed by atoms with van der Waals surface area (Å²) in [4.78, 5) is 15.2. The first-order valence-corrected chi connectivity index (χ1v) is 11.4. The van der Waals surface area contributed by atoms with Gasteiger partial charge in [0.1, 0.15) is 12.1 Å². The Morgan fingerprint density at radius 3 is 2.58 bits per heavy atom. The van der Waals surface area contributed by atoms with Crippen LogP contribution in [-0.2, 0) is 4.79 Å². The second-order valence-corrected chi connectivity index (χ2v) is 8.81. The van der Waals surface area contributed by atoms with Gasteiger partial charge in [-0.05, 0) is 62.6 Å². The Balaban J connectivity index is 1.40. The van der Waals surface area contributed by atoms with Crippen LogP contribution in [0.5, 0.6) is 5.75 Å². The highest BCUT2D eigenvalue weighted by Crippen LogP contribution is 2.29. The van der Waals surface area contributed by atoms with E-state index in [0.29, 0.717) is 5.16 Å². The molecule has 0 bridgehead atoms. The molecule has 7 nitrogen and oxygen atoms in total. The van der Waals surface area contributed by atoms with E-state index in [1.807, 2.05) is 47.9 Å². The largest absolute Gasteiger partial charge is 0.495 e. The fourth-order valence-corrected chi connectivity index (χ4v) is 4.50. The van der Waals surface area contributed by atoms with Gasteiger partial charge in [-0.3, -0.25) is 9.36 Å². The minimum Gasteiger partial charge on any atom is -0.495 e. The van der Waals surface area contributed by atoms with Crippen LogP contribution in [0.3, 0.4) is 0 Å². The van der Waals surface area contributed by atoms with Gasteiger partial charge in [0, 0.05) is 24.5 Å². The fraction of sp³-hybridized carbons (Fsp3) is 0.348. The summed E-state index contributed by atoms with van der Waals surface area (Å²) in [5.41, 5.74) is 2.84. The summed E-state index contributed by atoms with van der Waals surface area (Å²) in [5, 5.41) is 11.5. The monoisotopic (exact) mass is 437 g/mol. The van der Waals surface area contributed by atoms with E-state index >= 15 is 0 Å². The highest BCUT2D eigenvalue weighted by molar-refractivity contribution is 8.00. The number of para-hydroxylation sites is 2. The Morgan fingerprint density at radius 1 is 1.10 bits per heavy atom. The van der Waals surface area contributed by atoms with E-state index < -0.39 is 0 Å². The number of anilines is 2. The second kappa shape index (κ2) is 9.87. The Morgan fingerprint density at radius 2 is 1.84 bits per heavy atom. The number of rotatable bonds is 7. The molecule has 8 heteroatoms. The molecule has 0 unspecified atom stereocenters. The lowest BCUT2D eigenvalue weighted by Gasteiger charge is -2.28. The first-order chi connectivity index (χ1) is 15.2. The van der Waals surface area contributed by atoms with Crippen molar-refractivity contribution >= 4 is 29.0 Å². The van der Waals surface area contributed by atoms with Crippen molar-refractivity contribution in [2.24, 2.45) is 0 Å². The van der Waals surface area contributed by atoms with Crippen molar-refractivity contribution in [1.29, 1.82) is 0 Å². The van der Waals surface area contributed by atoms with Gasteiger partial charge in [0.05, 0.1) is 18.0 Å². The van der Waals surface area contributed by atoms with Gasteiger partial charge in [0.2, 0.25) is 5.91 Å². The molecule has 0 saturated carbocycles.